The predicted molar refractivity (Wildman–Crippen MR) is 118 cm³/mol. The fourth-order valence-electron chi connectivity index (χ4n) is 6.13. The average molecular weight is 452 g/mol. The number of allylic oxidation sites excluding steroid dienone is 2. The molecule has 3 fully saturated rings. The molecule has 1 aliphatic heterocycles. The Hall–Kier alpha value is -2.96. The number of rotatable bonds is 9. The highest BCUT2D eigenvalue weighted by molar-refractivity contribution is 6.09. The van der Waals surface area contributed by atoms with Gasteiger partial charge in [0.2, 0.25) is 11.8 Å². The Kier molecular flexibility index (Phi) is 5.59. The van der Waals surface area contributed by atoms with E-state index in [4.69, 9.17) is 9.47 Å². The number of likely N-dealkylation sites (tertiary alicyclic amines) is 1. The zero-order valence-electron chi connectivity index (χ0n) is 18.9. The van der Waals surface area contributed by atoms with E-state index in [9.17, 15) is 19.2 Å². The molecule has 7 heteroatoms. The van der Waals surface area contributed by atoms with Crippen LogP contribution in [-0.4, -0.2) is 48.2 Å². The van der Waals surface area contributed by atoms with Crippen LogP contribution in [0.25, 0.3) is 0 Å². The van der Waals surface area contributed by atoms with Gasteiger partial charge in [-0.25, -0.2) is 4.79 Å². The van der Waals surface area contributed by atoms with E-state index < -0.39 is 18.6 Å². The van der Waals surface area contributed by atoms with Crippen molar-refractivity contribution in [2.24, 2.45) is 35.5 Å². The van der Waals surface area contributed by atoms with Crippen LogP contribution in [0.3, 0.4) is 0 Å². The van der Waals surface area contributed by atoms with E-state index in [1.807, 2.05) is 6.92 Å². The maximum absolute atomic E-state index is 13.4. The van der Waals surface area contributed by atoms with Gasteiger partial charge in [-0.2, -0.15) is 0 Å². The quantitative estimate of drug-likeness (QED) is 0.248. The molecule has 2 amide bonds. The van der Waals surface area contributed by atoms with Crippen LogP contribution in [-0.2, 0) is 19.1 Å². The Morgan fingerprint density at radius 1 is 1.03 bits per heavy atom. The number of benzene rings is 1. The number of ether oxygens (including phenoxy) is 2. The average Bonchev–Trinajstić information content (AvgIpc) is 3.62. The van der Waals surface area contributed by atoms with Crippen LogP contribution in [0.15, 0.2) is 36.4 Å². The number of Topliss-reactive ketones (excluding diaryl/α,β-unsaturated/α-hetero) is 1. The molecule has 33 heavy (non-hydrogen) atoms. The third-order valence-electron chi connectivity index (χ3n) is 7.87. The number of ketones is 1. The SMILES string of the molecule is CCCC[C@H](C(=O)OCC(=O)c1ccc(OC)cc1)N1C(=O)[C@@H]2[C@H]3C=C[C@@H]([C@@H]4C[C@H]34)[C@@H]2C1=O. The van der Waals surface area contributed by atoms with Gasteiger partial charge in [0.25, 0.3) is 0 Å². The Labute approximate surface area is 193 Å². The maximum atomic E-state index is 13.4. The van der Waals surface area contributed by atoms with Gasteiger partial charge in [-0.05, 0) is 60.8 Å². The first-order valence-corrected chi connectivity index (χ1v) is 11.8. The summed E-state index contributed by atoms with van der Waals surface area (Å²) >= 11 is 0. The number of methoxy groups -OCH3 is 1. The van der Waals surface area contributed by atoms with E-state index in [2.05, 4.69) is 12.2 Å². The van der Waals surface area contributed by atoms with Gasteiger partial charge in [-0.15, -0.1) is 0 Å². The van der Waals surface area contributed by atoms with E-state index in [1.165, 1.54) is 12.0 Å². The molecule has 0 N–H and O–H groups in total. The lowest BCUT2D eigenvalue weighted by molar-refractivity contribution is -0.158. The molecule has 1 aromatic rings. The predicted octanol–water partition coefficient (Wildman–Crippen LogP) is 3.03. The molecule has 174 valence electrons. The van der Waals surface area contributed by atoms with Crippen LogP contribution in [0, 0.1) is 35.5 Å². The number of imide groups is 1. The lowest BCUT2D eigenvalue weighted by Crippen LogP contribution is -2.47. The van der Waals surface area contributed by atoms with E-state index in [0.29, 0.717) is 36.0 Å². The minimum absolute atomic E-state index is 0.103. The summed E-state index contributed by atoms with van der Waals surface area (Å²) in [6, 6.07) is 5.56. The van der Waals surface area contributed by atoms with Gasteiger partial charge in [-0.3, -0.25) is 19.3 Å². The molecule has 1 heterocycles. The number of carbonyl (C=O) groups excluding carboxylic acids is 4. The number of carbonyl (C=O) groups is 4. The first kappa shape index (κ1) is 21.9. The first-order chi connectivity index (χ1) is 16.0. The summed E-state index contributed by atoms with van der Waals surface area (Å²) in [5, 5.41) is 0. The molecule has 0 spiro atoms. The Morgan fingerprint density at radius 3 is 2.18 bits per heavy atom. The molecule has 0 radical (unpaired) electrons. The fraction of sp³-hybridized carbons (Fsp3) is 0.538. The second-order valence-corrected chi connectivity index (χ2v) is 9.62. The maximum Gasteiger partial charge on any atom is 0.329 e. The molecule has 4 aliphatic carbocycles. The van der Waals surface area contributed by atoms with E-state index in [-0.39, 0.29) is 41.3 Å². The summed E-state index contributed by atoms with van der Waals surface area (Å²) in [6.45, 7) is 1.55. The van der Waals surface area contributed by atoms with Gasteiger partial charge in [-0.1, -0.05) is 31.9 Å². The second-order valence-electron chi connectivity index (χ2n) is 9.62. The van der Waals surface area contributed by atoms with Gasteiger partial charge >= 0.3 is 5.97 Å². The molecule has 2 bridgehead atoms. The zero-order chi connectivity index (χ0) is 23.3. The van der Waals surface area contributed by atoms with Crippen molar-refractivity contribution in [1.29, 1.82) is 0 Å². The molecular formula is C26H29NO6. The lowest BCUT2D eigenvalue weighted by Gasteiger charge is -2.37. The van der Waals surface area contributed by atoms with E-state index in [1.54, 1.807) is 24.3 Å². The highest BCUT2D eigenvalue weighted by Crippen LogP contribution is 2.65. The van der Waals surface area contributed by atoms with E-state index >= 15 is 0 Å². The summed E-state index contributed by atoms with van der Waals surface area (Å²) < 4.78 is 10.4. The molecule has 0 unspecified atom stereocenters. The van der Waals surface area contributed by atoms with Crippen molar-refractivity contribution in [1.82, 2.24) is 4.90 Å². The smallest absolute Gasteiger partial charge is 0.329 e. The first-order valence-electron chi connectivity index (χ1n) is 11.8. The Bertz CT molecular complexity index is 978. The molecular weight excluding hydrogens is 422 g/mol. The van der Waals surface area contributed by atoms with Crippen LogP contribution in [0.5, 0.6) is 5.75 Å². The van der Waals surface area contributed by atoms with Gasteiger partial charge in [0.1, 0.15) is 11.8 Å². The van der Waals surface area contributed by atoms with Crippen molar-refractivity contribution in [3.05, 3.63) is 42.0 Å². The summed E-state index contributed by atoms with van der Waals surface area (Å²) in [7, 11) is 1.54. The van der Waals surface area contributed by atoms with Crippen molar-refractivity contribution in [2.45, 2.75) is 38.6 Å². The summed E-state index contributed by atoms with van der Waals surface area (Å²) in [5.41, 5.74) is 0.398. The van der Waals surface area contributed by atoms with Gasteiger partial charge in [0, 0.05) is 5.56 Å². The normalized spacial score (nSPS) is 31.8. The number of nitrogens with zero attached hydrogens (tertiary/aromatic N) is 1. The Morgan fingerprint density at radius 2 is 1.64 bits per heavy atom. The van der Waals surface area contributed by atoms with Crippen molar-refractivity contribution < 1.29 is 28.7 Å². The third kappa shape index (κ3) is 3.58. The minimum Gasteiger partial charge on any atom is -0.497 e. The number of amides is 2. The monoisotopic (exact) mass is 451 g/mol. The topological polar surface area (TPSA) is 90.0 Å². The molecule has 6 rings (SSSR count). The van der Waals surface area contributed by atoms with Crippen molar-refractivity contribution in [3.63, 3.8) is 0 Å². The minimum atomic E-state index is -0.977. The second kappa shape index (κ2) is 8.43. The third-order valence-corrected chi connectivity index (χ3v) is 7.87. The molecule has 0 aromatic heterocycles. The van der Waals surface area contributed by atoms with Crippen LogP contribution >= 0.6 is 0 Å². The molecule has 7 atom stereocenters. The zero-order valence-corrected chi connectivity index (χ0v) is 18.9. The van der Waals surface area contributed by atoms with Gasteiger partial charge in [0.05, 0.1) is 18.9 Å². The van der Waals surface area contributed by atoms with Crippen molar-refractivity contribution in [3.8, 4) is 5.75 Å². The van der Waals surface area contributed by atoms with Gasteiger partial charge < -0.3 is 9.47 Å². The van der Waals surface area contributed by atoms with Gasteiger partial charge in [0.15, 0.2) is 12.4 Å². The lowest BCUT2D eigenvalue weighted by atomic mass is 9.63. The Balaban J connectivity index is 1.30. The largest absolute Gasteiger partial charge is 0.497 e. The summed E-state index contributed by atoms with van der Waals surface area (Å²) in [5.74, 6) is -0.394. The summed E-state index contributed by atoms with van der Waals surface area (Å²) in [6.07, 6.45) is 7.15. The van der Waals surface area contributed by atoms with Crippen LogP contribution < -0.4 is 4.74 Å². The van der Waals surface area contributed by atoms with Crippen molar-refractivity contribution >= 4 is 23.6 Å². The number of hydrogen-bond donors (Lipinski definition) is 0. The number of unbranched alkanes of at least 4 members (excludes halogenated alkanes) is 1. The van der Waals surface area contributed by atoms with Crippen molar-refractivity contribution in [2.75, 3.05) is 13.7 Å². The van der Waals surface area contributed by atoms with Crippen LogP contribution in [0.4, 0.5) is 0 Å². The highest BCUT2D eigenvalue weighted by Gasteiger charge is 2.67. The molecule has 2 saturated carbocycles. The van der Waals surface area contributed by atoms with Crippen LogP contribution in [0.1, 0.15) is 43.0 Å². The number of hydrogen-bond acceptors (Lipinski definition) is 6. The van der Waals surface area contributed by atoms with Crippen LogP contribution in [0.2, 0.25) is 0 Å². The fourth-order valence-corrected chi connectivity index (χ4v) is 6.13. The molecule has 1 aromatic carbocycles. The highest BCUT2D eigenvalue weighted by atomic mass is 16.5. The molecule has 7 nitrogen and oxygen atoms in total. The molecule has 5 aliphatic rings. The van der Waals surface area contributed by atoms with E-state index in [0.717, 1.165) is 12.8 Å². The summed E-state index contributed by atoms with van der Waals surface area (Å²) in [4.78, 5) is 53.6. The standard InChI is InChI=1S/C26H29NO6/c1-3-4-5-20(26(31)33-13-21(28)14-6-8-15(32-2)9-7-14)27-24(29)22-16-10-11-17(19-12-18(16)19)23(22)25(27)30/h6-11,16-20,22-23H,3-5,12-13H2,1-2H3/t16-,17-,18-,19+,20+,22-,23+/m0/s1. The molecule has 1 saturated heterocycles. The number of esters is 1.